The van der Waals surface area contributed by atoms with Gasteiger partial charge in [0, 0.05) is 62.7 Å². The number of fused-ring (bicyclic) bond motifs is 1. The molecule has 3 aromatic rings. The molecule has 0 bridgehead atoms. The maximum Gasteiger partial charge on any atom is 0.274 e. The van der Waals surface area contributed by atoms with Gasteiger partial charge in [0.2, 0.25) is 5.88 Å². The Balaban J connectivity index is 1.20. The first-order chi connectivity index (χ1) is 15.2. The van der Waals surface area contributed by atoms with E-state index in [0.29, 0.717) is 49.4 Å². The van der Waals surface area contributed by atoms with E-state index in [1.165, 1.54) is 0 Å². The highest BCUT2D eigenvalue weighted by Crippen LogP contribution is 2.23. The molecule has 0 N–H and O–H groups in total. The molecule has 2 aliphatic rings. The molecule has 1 saturated heterocycles. The fraction of sp³-hybridized carbons (Fsp3) is 0.409. The van der Waals surface area contributed by atoms with E-state index < -0.39 is 0 Å². The topological polar surface area (TPSA) is 95.1 Å². The Bertz CT molecular complexity index is 1110. The molecule has 1 fully saturated rings. The summed E-state index contributed by atoms with van der Waals surface area (Å²) in [7, 11) is 0. The first-order valence-corrected chi connectivity index (χ1v) is 10.6. The molecule has 9 heteroatoms. The van der Waals surface area contributed by atoms with Crippen molar-refractivity contribution in [1.29, 1.82) is 0 Å². The van der Waals surface area contributed by atoms with Crippen LogP contribution >= 0.6 is 0 Å². The minimum atomic E-state index is -0.0658. The summed E-state index contributed by atoms with van der Waals surface area (Å²) < 4.78 is 8.98. The number of likely N-dealkylation sites (tertiary alicyclic amines) is 1. The van der Waals surface area contributed by atoms with Gasteiger partial charge in [-0.2, -0.15) is 5.10 Å². The summed E-state index contributed by atoms with van der Waals surface area (Å²) >= 11 is 0. The SMILES string of the molecule is O=C(c1cc2n(n1)CCCO2)N1CCC(Cn2cnc(-c3ccncc3)cc2=O)CC1. The standard InChI is InChI=1S/C22H24N6O3/c29-20-12-18(17-2-6-23-7-3-17)24-15-27(20)14-16-4-9-26(10-5-16)22(30)19-13-21-28(25-19)8-1-11-31-21/h2-3,6-7,12-13,15-16H,1,4-5,8-11,14H2. The molecule has 0 spiro atoms. The first kappa shape index (κ1) is 19.5. The lowest BCUT2D eigenvalue weighted by atomic mass is 9.96. The third kappa shape index (κ3) is 4.08. The monoisotopic (exact) mass is 420 g/mol. The number of carbonyl (C=O) groups excluding carboxylic acids is 1. The van der Waals surface area contributed by atoms with E-state index in [-0.39, 0.29) is 11.5 Å². The van der Waals surface area contributed by atoms with Crippen LogP contribution < -0.4 is 10.3 Å². The van der Waals surface area contributed by atoms with Crippen LogP contribution in [0.1, 0.15) is 29.8 Å². The smallest absolute Gasteiger partial charge is 0.274 e. The van der Waals surface area contributed by atoms with Crippen molar-refractivity contribution in [2.45, 2.75) is 32.4 Å². The van der Waals surface area contributed by atoms with Gasteiger partial charge >= 0.3 is 0 Å². The number of aryl methyl sites for hydroxylation is 1. The number of rotatable bonds is 4. The van der Waals surface area contributed by atoms with Gasteiger partial charge in [-0.15, -0.1) is 0 Å². The quantitative estimate of drug-likeness (QED) is 0.639. The molecular weight excluding hydrogens is 396 g/mol. The summed E-state index contributed by atoms with van der Waals surface area (Å²) in [5.41, 5.74) is 1.90. The van der Waals surface area contributed by atoms with Crippen LogP contribution in [0.15, 0.2) is 47.8 Å². The third-order valence-electron chi connectivity index (χ3n) is 5.94. The molecule has 160 valence electrons. The van der Waals surface area contributed by atoms with Gasteiger partial charge < -0.3 is 9.64 Å². The van der Waals surface area contributed by atoms with Crippen LogP contribution in [0.3, 0.4) is 0 Å². The van der Waals surface area contributed by atoms with Crippen LogP contribution in [-0.2, 0) is 13.1 Å². The average molecular weight is 420 g/mol. The number of ether oxygens (including phenoxy) is 1. The van der Waals surface area contributed by atoms with Gasteiger partial charge in [0.15, 0.2) is 5.69 Å². The first-order valence-electron chi connectivity index (χ1n) is 10.6. The maximum absolute atomic E-state index is 12.8. The van der Waals surface area contributed by atoms with Crippen molar-refractivity contribution in [2.75, 3.05) is 19.7 Å². The molecule has 0 unspecified atom stereocenters. The van der Waals surface area contributed by atoms with Crippen molar-refractivity contribution in [3.8, 4) is 17.1 Å². The van der Waals surface area contributed by atoms with Gasteiger partial charge in [-0.05, 0) is 30.9 Å². The lowest BCUT2D eigenvalue weighted by molar-refractivity contribution is 0.0675. The van der Waals surface area contributed by atoms with Gasteiger partial charge in [-0.3, -0.25) is 19.1 Å². The molecule has 0 aliphatic carbocycles. The fourth-order valence-corrected chi connectivity index (χ4v) is 4.17. The largest absolute Gasteiger partial charge is 0.478 e. The van der Waals surface area contributed by atoms with E-state index in [2.05, 4.69) is 15.1 Å². The zero-order valence-electron chi connectivity index (χ0n) is 17.2. The second kappa shape index (κ2) is 8.33. The number of pyridine rings is 1. The Hall–Kier alpha value is -3.49. The molecule has 0 aromatic carbocycles. The predicted octanol–water partition coefficient (Wildman–Crippen LogP) is 1.84. The highest BCUT2D eigenvalue weighted by Gasteiger charge is 2.27. The highest BCUT2D eigenvalue weighted by molar-refractivity contribution is 5.92. The van der Waals surface area contributed by atoms with Crippen LogP contribution in [0.25, 0.3) is 11.3 Å². The maximum atomic E-state index is 12.8. The predicted molar refractivity (Wildman–Crippen MR) is 113 cm³/mol. The highest BCUT2D eigenvalue weighted by atomic mass is 16.5. The molecule has 5 heterocycles. The lowest BCUT2D eigenvalue weighted by Crippen LogP contribution is -2.40. The van der Waals surface area contributed by atoms with Crippen molar-refractivity contribution in [3.63, 3.8) is 0 Å². The summed E-state index contributed by atoms with van der Waals surface area (Å²) in [4.78, 5) is 35.7. The molecule has 5 rings (SSSR count). The molecule has 31 heavy (non-hydrogen) atoms. The number of hydrogen-bond donors (Lipinski definition) is 0. The Labute approximate surface area is 179 Å². The zero-order chi connectivity index (χ0) is 21.2. The molecule has 2 aliphatic heterocycles. The number of nitrogens with zero attached hydrogens (tertiary/aromatic N) is 6. The second-order valence-electron chi connectivity index (χ2n) is 8.03. The van der Waals surface area contributed by atoms with Crippen LogP contribution in [0.2, 0.25) is 0 Å². The van der Waals surface area contributed by atoms with Gasteiger partial charge in [0.25, 0.3) is 11.5 Å². The Morgan fingerprint density at radius 3 is 2.68 bits per heavy atom. The molecule has 0 radical (unpaired) electrons. The zero-order valence-corrected chi connectivity index (χ0v) is 17.2. The Morgan fingerprint density at radius 1 is 1.13 bits per heavy atom. The minimum Gasteiger partial charge on any atom is -0.478 e. The van der Waals surface area contributed by atoms with Gasteiger partial charge in [-0.1, -0.05) is 0 Å². The van der Waals surface area contributed by atoms with Crippen molar-refractivity contribution in [2.24, 2.45) is 5.92 Å². The van der Waals surface area contributed by atoms with E-state index in [9.17, 15) is 9.59 Å². The molecule has 0 atom stereocenters. The van der Waals surface area contributed by atoms with Crippen LogP contribution in [-0.4, -0.2) is 54.8 Å². The molecule has 3 aromatic heterocycles. The van der Waals surface area contributed by atoms with Gasteiger partial charge in [0.05, 0.1) is 18.6 Å². The molecule has 1 amide bonds. The minimum absolute atomic E-state index is 0.0514. The van der Waals surface area contributed by atoms with Crippen LogP contribution in [0, 0.1) is 5.92 Å². The number of carbonyl (C=O) groups is 1. The van der Waals surface area contributed by atoms with Crippen LogP contribution in [0.4, 0.5) is 0 Å². The van der Waals surface area contributed by atoms with E-state index in [0.717, 1.165) is 31.4 Å². The summed E-state index contributed by atoms with van der Waals surface area (Å²) in [6.07, 6.45) is 7.58. The summed E-state index contributed by atoms with van der Waals surface area (Å²) in [6.45, 7) is 3.38. The molecule has 0 saturated carbocycles. The average Bonchev–Trinajstić information content (AvgIpc) is 3.25. The normalized spacial score (nSPS) is 16.6. The number of hydrogen-bond acceptors (Lipinski definition) is 6. The van der Waals surface area contributed by atoms with E-state index in [4.69, 9.17) is 4.74 Å². The van der Waals surface area contributed by atoms with Crippen molar-refractivity contribution >= 4 is 5.91 Å². The van der Waals surface area contributed by atoms with Crippen LogP contribution in [0.5, 0.6) is 5.88 Å². The lowest BCUT2D eigenvalue weighted by Gasteiger charge is -2.31. The summed E-state index contributed by atoms with van der Waals surface area (Å²) in [5.74, 6) is 0.949. The molecule has 9 nitrogen and oxygen atoms in total. The Kier molecular flexibility index (Phi) is 5.23. The summed E-state index contributed by atoms with van der Waals surface area (Å²) in [6, 6.07) is 6.97. The van der Waals surface area contributed by atoms with Gasteiger partial charge in [-0.25, -0.2) is 9.67 Å². The summed E-state index contributed by atoms with van der Waals surface area (Å²) in [5, 5.41) is 4.40. The fourth-order valence-electron chi connectivity index (χ4n) is 4.17. The molecular formula is C22H24N6O3. The van der Waals surface area contributed by atoms with Gasteiger partial charge in [0.1, 0.15) is 0 Å². The number of amides is 1. The van der Waals surface area contributed by atoms with E-state index in [1.807, 2.05) is 17.0 Å². The van der Waals surface area contributed by atoms with Crippen molar-refractivity contribution in [3.05, 3.63) is 59.0 Å². The van der Waals surface area contributed by atoms with Crippen molar-refractivity contribution < 1.29 is 9.53 Å². The van der Waals surface area contributed by atoms with E-state index in [1.54, 1.807) is 40.1 Å². The second-order valence-corrected chi connectivity index (χ2v) is 8.03. The number of aromatic nitrogens is 5. The third-order valence-corrected chi connectivity index (χ3v) is 5.94. The Morgan fingerprint density at radius 2 is 1.94 bits per heavy atom. The van der Waals surface area contributed by atoms with Crippen molar-refractivity contribution in [1.82, 2.24) is 29.2 Å². The number of piperidine rings is 1. The van der Waals surface area contributed by atoms with E-state index >= 15 is 0 Å².